The minimum absolute atomic E-state index is 0.0410. The van der Waals surface area contributed by atoms with Crippen LogP contribution in [0, 0.1) is 13.8 Å². The number of ketones is 1. The van der Waals surface area contributed by atoms with E-state index in [0.29, 0.717) is 16.9 Å². The number of aryl methyl sites for hydroxylation is 2. The second-order valence-corrected chi connectivity index (χ2v) is 7.73. The molecule has 25 heavy (non-hydrogen) atoms. The molecule has 0 N–H and O–H groups in total. The summed E-state index contributed by atoms with van der Waals surface area (Å²) in [5.74, 6) is 0.0178. The Kier molecular flexibility index (Phi) is 5.32. The molecule has 2 rings (SSSR count). The predicted molar refractivity (Wildman–Crippen MR) is 95.2 cm³/mol. The molecule has 0 aliphatic rings. The zero-order valence-electron chi connectivity index (χ0n) is 14.8. The molecule has 1 aromatic heterocycles. The minimum atomic E-state index is -3.84. The molecule has 134 valence electrons. The molecule has 0 fully saturated rings. The second kappa shape index (κ2) is 7.10. The molecule has 0 amide bonds. The third kappa shape index (κ3) is 3.90. The van der Waals surface area contributed by atoms with Crippen molar-refractivity contribution in [1.29, 1.82) is 0 Å². The molecule has 1 heterocycles. The van der Waals surface area contributed by atoms with Gasteiger partial charge < -0.3 is 9.42 Å². The van der Waals surface area contributed by atoms with Gasteiger partial charge in [0.15, 0.2) is 16.4 Å². The van der Waals surface area contributed by atoms with E-state index in [9.17, 15) is 13.2 Å². The number of hydrogen-bond acceptors (Lipinski definition) is 6. The van der Waals surface area contributed by atoms with E-state index in [-0.39, 0.29) is 16.4 Å². The van der Waals surface area contributed by atoms with Gasteiger partial charge in [-0.05, 0) is 26.0 Å². The monoisotopic (exact) mass is 363 g/mol. The first kappa shape index (κ1) is 18.7. The smallest absolute Gasteiger partial charge is 0.269 e. The third-order valence-corrected chi connectivity index (χ3v) is 5.64. The Labute approximate surface area is 147 Å². The molecule has 1 aromatic carbocycles. The summed E-state index contributed by atoms with van der Waals surface area (Å²) >= 11 is 0. The highest BCUT2D eigenvalue weighted by molar-refractivity contribution is 7.92. The van der Waals surface area contributed by atoms with Crippen LogP contribution in [-0.2, 0) is 10.0 Å². The van der Waals surface area contributed by atoms with Crippen molar-refractivity contribution < 1.29 is 17.7 Å². The molecule has 0 aliphatic carbocycles. The Balaban J connectivity index is 2.39. The summed E-state index contributed by atoms with van der Waals surface area (Å²) in [4.78, 5) is 14.0. The van der Waals surface area contributed by atoms with Gasteiger partial charge in [-0.15, -0.1) is 0 Å². The highest BCUT2D eigenvalue weighted by Crippen LogP contribution is 2.27. The summed E-state index contributed by atoms with van der Waals surface area (Å²) in [6.45, 7) is 3.12. The van der Waals surface area contributed by atoms with Gasteiger partial charge in [-0.3, -0.25) is 9.10 Å². The van der Waals surface area contributed by atoms with Crippen molar-refractivity contribution in [3.8, 4) is 0 Å². The first-order valence-corrected chi connectivity index (χ1v) is 8.99. The molecule has 7 nitrogen and oxygen atoms in total. The van der Waals surface area contributed by atoms with E-state index >= 15 is 0 Å². The number of carbonyl (C=O) groups is 1. The number of sulfonamides is 1. The molecular weight excluding hydrogens is 342 g/mol. The van der Waals surface area contributed by atoms with Crippen molar-refractivity contribution in [2.75, 3.05) is 25.4 Å². The minimum Gasteiger partial charge on any atom is -0.383 e. The van der Waals surface area contributed by atoms with Crippen LogP contribution in [0.15, 0.2) is 46.0 Å². The van der Waals surface area contributed by atoms with E-state index in [1.54, 1.807) is 43.1 Å². The van der Waals surface area contributed by atoms with E-state index in [1.165, 1.54) is 19.2 Å². The van der Waals surface area contributed by atoms with Crippen molar-refractivity contribution in [1.82, 2.24) is 10.1 Å². The fourth-order valence-corrected chi connectivity index (χ4v) is 3.76. The number of anilines is 1. The van der Waals surface area contributed by atoms with Crippen molar-refractivity contribution in [2.24, 2.45) is 0 Å². The van der Waals surface area contributed by atoms with E-state index in [2.05, 4.69) is 5.16 Å². The average Bonchev–Trinajstić information content (AvgIpc) is 2.91. The number of aromatic nitrogens is 1. The summed E-state index contributed by atoms with van der Waals surface area (Å²) in [5.41, 5.74) is 1.08. The van der Waals surface area contributed by atoms with Crippen LogP contribution in [0.1, 0.15) is 21.8 Å². The molecule has 0 spiro atoms. The standard InChI is InChI=1S/C17H21N3O4S/c1-12-17(13(2)24-18-12)25(22,23)20(5)15-8-6-7-14(11-15)16(21)9-10-19(3)4/h6-11H,1-5H3/b10-9+. The molecule has 0 unspecified atom stereocenters. The zero-order valence-corrected chi connectivity index (χ0v) is 15.7. The molecular formula is C17H21N3O4S. The van der Waals surface area contributed by atoms with E-state index in [4.69, 9.17) is 4.52 Å². The van der Waals surface area contributed by atoms with Crippen LogP contribution in [0.2, 0.25) is 0 Å². The summed E-state index contributed by atoms with van der Waals surface area (Å²) in [5, 5.41) is 3.70. The summed E-state index contributed by atoms with van der Waals surface area (Å²) in [6.07, 6.45) is 3.07. The maximum Gasteiger partial charge on any atom is 0.269 e. The van der Waals surface area contributed by atoms with Crippen molar-refractivity contribution in [2.45, 2.75) is 18.7 Å². The first-order valence-electron chi connectivity index (χ1n) is 7.55. The van der Waals surface area contributed by atoms with Gasteiger partial charge in [-0.25, -0.2) is 8.42 Å². The quantitative estimate of drug-likeness (QED) is 0.579. The van der Waals surface area contributed by atoms with Crippen LogP contribution in [-0.4, -0.2) is 45.4 Å². The SMILES string of the molecule is Cc1noc(C)c1S(=O)(=O)N(C)c1cccc(C(=O)/C=C/N(C)C)c1. The number of carbonyl (C=O) groups excluding carboxylic acids is 1. The van der Waals surface area contributed by atoms with Crippen LogP contribution in [0.4, 0.5) is 5.69 Å². The van der Waals surface area contributed by atoms with Crippen LogP contribution in [0.5, 0.6) is 0 Å². The first-order chi connectivity index (χ1) is 11.6. The van der Waals surface area contributed by atoms with E-state index < -0.39 is 10.0 Å². The largest absolute Gasteiger partial charge is 0.383 e. The van der Waals surface area contributed by atoms with Gasteiger partial charge in [0.2, 0.25) is 0 Å². The normalized spacial score (nSPS) is 11.7. The molecule has 0 aliphatic heterocycles. The van der Waals surface area contributed by atoms with Gasteiger partial charge in [0.05, 0.1) is 5.69 Å². The number of allylic oxidation sites excluding steroid dienone is 1. The summed E-state index contributed by atoms with van der Waals surface area (Å²) in [7, 11) is 1.21. The van der Waals surface area contributed by atoms with Gasteiger partial charge in [0.1, 0.15) is 5.69 Å². The van der Waals surface area contributed by atoms with Gasteiger partial charge in [-0.2, -0.15) is 0 Å². The molecule has 0 bridgehead atoms. The predicted octanol–water partition coefficient (Wildman–Crippen LogP) is 2.37. The van der Waals surface area contributed by atoms with Crippen LogP contribution in [0.25, 0.3) is 0 Å². The third-order valence-electron chi connectivity index (χ3n) is 3.60. The lowest BCUT2D eigenvalue weighted by Crippen LogP contribution is -2.27. The lowest BCUT2D eigenvalue weighted by atomic mass is 10.1. The molecule has 2 aromatic rings. The van der Waals surface area contributed by atoms with Crippen LogP contribution >= 0.6 is 0 Å². The number of nitrogens with zero attached hydrogens (tertiary/aromatic N) is 3. The maximum absolute atomic E-state index is 12.9. The topological polar surface area (TPSA) is 83.7 Å². The molecule has 0 saturated heterocycles. The Morgan fingerprint density at radius 2 is 1.88 bits per heavy atom. The lowest BCUT2D eigenvalue weighted by Gasteiger charge is -2.19. The Morgan fingerprint density at radius 3 is 2.44 bits per heavy atom. The molecule has 0 atom stereocenters. The molecule has 0 saturated carbocycles. The Hall–Kier alpha value is -2.61. The number of rotatable bonds is 6. The van der Waals surface area contributed by atoms with Crippen molar-refractivity contribution in [3.63, 3.8) is 0 Å². The van der Waals surface area contributed by atoms with Gasteiger partial charge in [0, 0.05) is 39.0 Å². The van der Waals surface area contributed by atoms with Crippen LogP contribution in [0.3, 0.4) is 0 Å². The lowest BCUT2D eigenvalue weighted by molar-refractivity contribution is 0.104. The second-order valence-electron chi connectivity index (χ2n) is 5.82. The summed E-state index contributed by atoms with van der Waals surface area (Å²) in [6, 6.07) is 6.45. The number of hydrogen-bond donors (Lipinski definition) is 0. The van der Waals surface area contributed by atoms with Crippen molar-refractivity contribution >= 4 is 21.5 Å². The maximum atomic E-state index is 12.9. The Bertz CT molecular complexity index is 894. The fourth-order valence-electron chi connectivity index (χ4n) is 2.29. The van der Waals surface area contributed by atoms with E-state index in [1.807, 2.05) is 14.1 Å². The summed E-state index contributed by atoms with van der Waals surface area (Å²) < 4.78 is 31.8. The fraction of sp³-hybridized carbons (Fsp3) is 0.294. The van der Waals surface area contributed by atoms with Gasteiger partial charge in [0.25, 0.3) is 10.0 Å². The average molecular weight is 363 g/mol. The Morgan fingerprint density at radius 1 is 1.20 bits per heavy atom. The van der Waals surface area contributed by atoms with Gasteiger partial charge >= 0.3 is 0 Å². The highest BCUT2D eigenvalue weighted by atomic mass is 32.2. The molecule has 0 radical (unpaired) electrons. The molecule has 8 heteroatoms. The van der Waals surface area contributed by atoms with E-state index in [0.717, 1.165) is 4.31 Å². The highest BCUT2D eigenvalue weighted by Gasteiger charge is 2.29. The van der Waals surface area contributed by atoms with Gasteiger partial charge in [-0.1, -0.05) is 17.3 Å². The van der Waals surface area contributed by atoms with Crippen LogP contribution < -0.4 is 4.31 Å². The van der Waals surface area contributed by atoms with Crippen molar-refractivity contribution in [3.05, 3.63) is 53.6 Å². The zero-order chi connectivity index (χ0) is 18.8. The number of benzene rings is 1.